The first-order chi connectivity index (χ1) is 7.95. The topological polar surface area (TPSA) is 42.7 Å². The molecule has 0 saturated heterocycles. The third-order valence-corrected chi connectivity index (χ3v) is 2.87. The molecule has 0 unspecified atom stereocenters. The van der Waals surface area contributed by atoms with Gasteiger partial charge in [0.15, 0.2) is 5.82 Å². The molecular weight excluding hydrogens is 200 g/mol. The maximum atomic E-state index is 4.26. The van der Waals surface area contributed by atoms with Crippen LogP contribution >= 0.6 is 0 Å². The van der Waals surface area contributed by atoms with Crippen molar-refractivity contribution in [1.29, 1.82) is 0 Å². The Balaban J connectivity index is 2.06. The van der Waals surface area contributed by atoms with Crippen molar-refractivity contribution in [3.05, 3.63) is 30.3 Å². The minimum absolute atomic E-state index is 0.899. The number of aromatic nitrogens is 3. The standard InChI is InChI=1S/C12H14N4/c1-2-6-10(7-3-1)11-14-15-12-13-8-4-5-9-16(11)12/h1-3,6-7H,4-5,8-9H2,(H,13,15). The van der Waals surface area contributed by atoms with Crippen molar-refractivity contribution in [2.24, 2.45) is 0 Å². The molecule has 0 amide bonds. The predicted molar refractivity (Wildman–Crippen MR) is 63.2 cm³/mol. The summed E-state index contributed by atoms with van der Waals surface area (Å²) in [6.45, 7) is 1.99. The van der Waals surface area contributed by atoms with Crippen LogP contribution in [0.25, 0.3) is 11.4 Å². The summed E-state index contributed by atoms with van der Waals surface area (Å²) in [4.78, 5) is 0. The first kappa shape index (κ1) is 9.39. The smallest absolute Gasteiger partial charge is 0.224 e. The Bertz CT molecular complexity index is 475. The average Bonchev–Trinajstić information content (AvgIpc) is 2.60. The van der Waals surface area contributed by atoms with E-state index >= 15 is 0 Å². The van der Waals surface area contributed by atoms with Crippen LogP contribution in [0.2, 0.25) is 0 Å². The second kappa shape index (κ2) is 3.96. The Kier molecular flexibility index (Phi) is 2.33. The van der Waals surface area contributed by atoms with Crippen LogP contribution in [0.1, 0.15) is 12.8 Å². The number of nitrogens with one attached hydrogen (secondary N) is 1. The maximum absolute atomic E-state index is 4.26. The summed E-state index contributed by atoms with van der Waals surface area (Å²) in [6.07, 6.45) is 2.37. The largest absolute Gasteiger partial charge is 0.354 e. The molecule has 0 aliphatic carbocycles. The highest BCUT2D eigenvalue weighted by Gasteiger charge is 2.14. The monoisotopic (exact) mass is 214 g/mol. The zero-order valence-electron chi connectivity index (χ0n) is 9.06. The molecule has 0 saturated carbocycles. The number of benzene rings is 1. The lowest BCUT2D eigenvalue weighted by molar-refractivity contribution is 0.657. The molecule has 4 heteroatoms. The summed E-state index contributed by atoms with van der Waals surface area (Å²) < 4.78 is 2.17. The van der Waals surface area contributed by atoms with Crippen LogP contribution in [0.4, 0.5) is 5.95 Å². The van der Waals surface area contributed by atoms with Crippen LogP contribution < -0.4 is 5.32 Å². The van der Waals surface area contributed by atoms with Crippen molar-refractivity contribution in [1.82, 2.24) is 14.8 Å². The van der Waals surface area contributed by atoms with Gasteiger partial charge in [0.25, 0.3) is 0 Å². The molecule has 2 heterocycles. The van der Waals surface area contributed by atoms with E-state index in [0.717, 1.165) is 30.4 Å². The highest BCUT2D eigenvalue weighted by atomic mass is 15.4. The van der Waals surface area contributed by atoms with Crippen molar-refractivity contribution in [2.75, 3.05) is 11.9 Å². The highest BCUT2D eigenvalue weighted by molar-refractivity contribution is 5.57. The summed E-state index contributed by atoms with van der Waals surface area (Å²) >= 11 is 0. The molecule has 16 heavy (non-hydrogen) atoms. The molecule has 0 spiro atoms. The lowest BCUT2D eigenvalue weighted by atomic mass is 10.2. The van der Waals surface area contributed by atoms with Crippen LogP contribution in [0, 0.1) is 0 Å². The first-order valence-electron chi connectivity index (χ1n) is 5.67. The van der Waals surface area contributed by atoms with Gasteiger partial charge in [-0.1, -0.05) is 30.3 Å². The zero-order chi connectivity index (χ0) is 10.8. The number of hydrogen-bond donors (Lipinski definition) is 1. The van der Waals surface area contributed by atoms with E-state index < -0.39 is 0 Å². The van der Waals surface area contributed by atoms with E-state index in [1.54, 1.807) is 0 Å². The molecule has 0 fully saturated rings. The Morgan fingerprint density at radius 1 is 1.06 bits per heavy atom. The molecule has 2 aromatic rings. The van der Waals surface area contributed by atoms with E-state index in [1.165, 1.54) is 12.8 Å². The fraction of sp³-hybridized carbons (Fsp3) is 0.333. The molecule has 4 nitrogen and oxygen atoms in total. The summed E-state index contributed by atoms with van der Waals surface area (Å²) in [5.41, 5.74) is 1.13. The van der Waals surface area contributed by atoms with Crippen LogP contribution in [0.5, 0.6) is 0 Å². The van der Waals surface area contributed by atoms with Crippen molar-refractivity contribution in [2.45, 2.75) is 19.4 Å². The molecule has 0 radical (unpaired) electrons. The molecule has 0 bridgehead atoms. The predicted octanol–water partition coefficient (Wildman–Crippen LogP) is 2.15. The lowest BCUT2D eigenvalue weighted by Gasteiger charge is -2.06. The highest BCUT2D eigenvalue weighted by Crippen LogP contribution is 2.22. The van der Waals surface area contributed by atoms with Crippen LogP contribution in [0.3, 0.4) is 0 Å². The average molecular weight is 214 g/mol. The van der Waals surface area contributed by atoms with Gasteiger partial charge in [0.1, 0.15) is 0 Å². The number of fused-ring (bicyclic) bond motifs is 1. The molecule has 0 atom stereocenters. The van der Waals surface area contributed by atoms with Gasteiger partial charge in [-0.2, -0.15) is 0 Å². The number of anilines is 1. The Morgan fingerprint density at radius 3 is 2.81 bits per heavy atom. The van der Waals surface area contributed by atoms with E-state index in [9.17, 15) is 0 Å². The molecule has 1 aliphatic rings. The number of rotatable bonds is 1. The number of nitrogens with zero attached hydrogens (tertiary/aromatic N) is 3. The third kappa shape index (κ3) is 1.56. The van der Waals surface area contributed by atoms with E-state index in [1.807, 2.05) is 18.2 Å². The third-order valence-electron chi connectivity index (χ3n) is 2.87. The second-order valence-corrected chi connectivity index (χ2v) is 4.00. The normalized spacial score (nSPS) is 15.0. The van der Waals surface area contributed by atoms with Gasteiger partial charge in [-0.15, -0.1) is 10.2 Å². The molecule has 1 N–H and O–H groups in total. The summed E-state index contributed by atoms with van der Waals surface area (Å²) in [6, 6.07) is 10.2. The first-order valence-corrected chi connectivity index (χ1v) is 5.67. The maximum Gasteiger partial charge on any atom is 0.224 e. The van der Waals surface area contributed by atoms with Crippen molar-refractivity contribution < 1.29 is 0 Å². The van der Waals surface area contributed by atoms with Gasteiger partial charge in [0.05, 0.1) is 0 Å². The van der Waals surface area contributed by atoms with E-state index in [-0.39, 0.29) is 0 Å². The minimum atomic E-state index is 0.899. The molecular formula is C12H14N4. The van der Waals surface area contributed by atoms with Gasteiger partial charge in [-0.05, 0) is 12.8 Å². The fourth-order valence-electron chi connectivity index (χ4n) is 2.04. The van der Waals surface area contributed by atoms with Gasteiger partial charge in [-0.3, -0.25) is 4.57 Å². The van der Waals surface area contributed by atoms with Crippen molar-refractivity contribution >= 4 is 5.95 Å². The van der Waals surface area contributed by atoms with Crippen molar-refractivity contribution in [3.8, 4) is 11.4 Å². The fourth-order valence-corrected chi connectivity index (χ4v) is 2.04. The van der Waals surface area contributed by atoms with Gasteiger partial charge in [0.2, 0.25) is 5.95 Å². The van der Waals surface area contributed by atoms with Gasteiger partial charge in [0, 0.05) is 18.7 Å². The zero-order valence-corrected chi connectivity index (χ0v) is 9.06. The minimum Gasteiger partial charge on any atom is -0.354 e. The molecule has 1 aromatic carbocycles. The van der Waals surface area contributed by atoms with Crippen molar-refractivity contribution in [3.63, 3.8) is 0 Å². The van der Waals surface area contributed by atoms with Gasteiger partial charge < -0.3 is 5.32 Å². The van der Waals surface area contributed by atoms with E-state index in [4.69, 9.17) is 0 Å². The summed E-state index contributed by atoms with van der Waals surface area (Å²) in [7, 11) is 0. The van der Waals surface area contributed by atoms with E-state index in [2.05, 4.69) is 32.2 Å². The number of hydrogen-bond acceptors (Lipinski definition) is 3. The molecule has 3 rings (SSSR count). The summed E-state index contributed by atoms with van der Waals surface area (Å²) in [5.74, 6) is 1.86. The van der Waals surface area contributed by atoms with Gasteiger partial charge in [-0.25, -0.2) is 0 Å². The Labute approximate surface area is 94.3 Å². The van der Waals surface area contributed by atoms with Crippen LogP contribution in [0.15, 0.2) is 30.3 Å². The SMILES string of the molecule is c1ccc(-c2nnc3n2CCCCN3)cc1. The molecule has 82 valence electrons. The molecule has 1 aromatic heterocycles. The van der Waals surface area contributed by atoms with Crippen LogP contribution in [-0.4, -0.2) is 21.3 Å². The quantitative estimate of drug-likeness (QED) is 0.791. The Hall–Kier alpha value is -1.84. The Morgan fingerprint density at radius 2 is 1.94 bits per heavy atom. The van der Waals surface area contributed by atoms with E-state index in [0.29, 0.717) is 0 Å². The second-order valence-electron chi connectivity index (χ2n) is 4.00. The molecule has 1 aliphatic heterocycles. The van der Waals surface area contributed by atoms with Gasteiger partial charge >= 0.3 is 0 Å². The van der Waals surface area contributed by atoms with Crippen LogP contribution in [-0.2, 0) is 6.54 Å². The summed E-state index contributed by atoms with van der Waals surface area (Å²) in [5, 5.41) is 11.8. The lowest BCUT2D eigenvalue weighted by Crippen LogP contribution is -2.03.